The molecular formula is C11H16ClNOS. The molecule has 1 unspecified atom stereocenters. The molecular weight excluding hydrogens is 230 g/mol. The monoisotopic (exact) mass is 245 g/mol. The van der Waals surface area contributed by atoms with Gasteiger partial charge in [-0.15, -0.1) is 11.3 Å². The van der Waals surface area contributed by atoms with Crippen LogP contribution in [-0.2, 0) is 6.54 Å². The number of halogens is 1. The topological polar surface area (TPSA) is 32.3 Å². The molecule has 2 nitrogen and oxygen atoms in total. The largest absolute Gasteiger partial charge is 0.394 e. The maximum Gasteiger partial charge on any atom is 0.0931 e. The first-order valence-corrected chi connectivity index (χ1v) is 6.43. The van der Waals surface area contributed by atoms with Gasteiger partial charge in [0.25, 0.3) is 0 Å². The molecule has 2 N–H and O–H groups in total. The quantitative estimate of drug-likeness (QED) is 0.836. The summed E-state index contributed by atoms with van der Waals surface area (Å²) < 4.78 is 0.823. The fourth-order valence-electron chi connectivity index (χ4n) is 1.79. The van der Waals surface area contributed by atoms with Crippen molar-refractivity contribution in [2.75, 3.05) is 6.61 Å². The van der Waals surface area contributed by atoms with Crippen molar-refractivity contribution in [3.8, 4) is 0 Å². The molecule has 1 aliphatic rings. The molecule has 0 aromatic carbocycles. The highest BCUT2D eigenvalue weighted by Crippen LogP contribution is 2.39. The van der Waals surface area contributed by atoms with Crippen LogP contribution in [-0.4, -0.2) is 17.3 Å². The van der Waals surface area contributed by atoms with Gasteiger partial charge in [0.2, 0.25) is 0 Å². The third kappa shape index (κ3) is 2.72. The summed E-state index contributed by atoms with van der Waals surface area (Å²) in [5.74, 6) is 0.637. The van der Waals surface area contributed by atoms with E-state index in [4.69, 9.17) is 11.6 Å². The molecule has 0 bridgehead atoms. The molecule has 1 aromatic heterocycles. The van der Waals surface area contributed by atoms with Gasteiger partial charge < -0.3 is 10.4 Å². The van der Waals surface area contributed by atoms with Crippen LogP contribution in [0.4, 0.5) is 0 Å². The summed E-state index contributed by atoms with van der Waals surface area (Å²) in [6.45, 7) is 3.10. The maximum absolute atomic E-state index is 9.39. The molecule has 0 radical (unpaired) electrons. The highest BCUT2D eigenvalue weighted by Gasteiger charge is 2.40. The van der Waals surface area contributed by atoms with Crippen molar-refractivity contribution >= 4 is 22.9 Å². The summed E-state index contributed by atoms with van der Waals surface area (Å²) >= 11 is 7.45. The van der Waals surface area contributed by atoms with Crippen LogP contribution in [0.25, 0.3) is 0 Å². The van der Waals surface area contributed by atoms with Gasteiger partial charge in [-0.3, -0.25) is 0 Å². The van der Waals surface area contributed by atoms with Gasteiger partial charge >= 0.3 is 0 Å². The molecule has 1 fully saturated rings. The van der Waals surface area contributed by atoms with Crippen LogP contribution in [0.1, 0.15) is 24.6 Å². The summed E-state index contributed by atoms with van der Waals surface area (Å²) in [4.78, 5) is 1.22. The molecule has 84 valence electrons. The SMILES string of the molecule is CC(CO)(NCc1ccc(Cl)s1)C1CC1. The highest BCUT2D eigenvalue weighted by molar-refractivity contribution is 7.16. The molecule has 0 aliphatic heterocycles. The smallest absolute Gasteiger partial charge is 0.0931 e. The Bertz CT molecular complexity index is 337. The number of aliphatic hydroxyl groups is 1. The predicted octanol–water partition coefficient (Wildman–Crippen LogP) is 2.65. The van der Waals surface area contributed by atoms with Crippen LogP contribution in [0.15, 0.2) is 12.1 Å². The second-order valence-electron chi connectivity index (χ2n) is 4.41. The van der Waals surface area contributed by atoms with Crippen molar-refractivity contribution in [1.29, 1.82) is 0 Å². The molecule has 1 aliphatic carbocycles. The van der Waals surface area contributed by atoms with E-state index in [1.54, 1.807) is 11.3 Å². The van der Waals surface area contributed by atoms with Crippen LogP contribution in [0.3, 0.4) is 0 Å². The normalized spacial score (nSPS) is 20.2. The first-order valence-electron chi connectivity index (χ1n) is 5.24. The maximum atomic E-state index is 9.39. The Balaban J connectivity index is 1.91. The van der Waals surface area contributed by atoms with Crippen molar-refractivity contribution in [1.82, 2.24) is 5.32 Å². The lowest BCUT2D eigenvalue weighted by molar-refractivity contribution is 0.154. The Labute approximate surface area is 99.3 Å². The molecule has 1 aromatic rings. The number of rotatable bonds is 5. The second-order valence-corrected chi connectivity index (χ2v) is 6.21. The summed E-state index contributed by atoms with van der Waals surface area (Å²) in [5.41, 5.74) is -0.115. The van der Waals surface area contributed by atoms with Gasteiger partial charge in [-0.2, -0.15) is 0 Å². The minimum Gasteiger partial charge on any atom is -0.394 e. The molecule has 0 spiro atoms. The molecule has 1 saturated carbocycles. The van der Waals surface area contributed by atoms with Crippen molar-refractivity contribution in [2.24, 2.45) is 5.92 Å². The van der Waals surface area contributed by atoms with Crippen molar-refractivity contribution in [2.45, 2.75) is 31.8 Å². The molecule has 1 heterocycles. The lowest BCUT2D eigenvalue weighted by Gasteiger charge is -2.28. The van der Waals surface area contributed by atoms with Gasteiger partial charge in [-0.1, -0.05) is 11.6 Å². The number of nitrogens with one attached hydrogen (secondary N) is 1. The molecule has 15 heavy (non-hydrogen) atoms. The van der Waals surface area contributed by atoms with E-state index in [0.717, 1.165) is 10.9 Å². The lowest BCUT2D eigenvalue weighted by atomic mass is 9.97. The lowest BCUT2D eigenvalue weighted by Crippen LogP contribution is -2.47. The van der Waals surface area contributed by atoms with Gasteiger partial charge in [0, 0.05) is 17.0 Å². The summed E-state index contributed by atoms with van der Waals surface area (Å²) in [5, 5.41) is 12.8. The summed E-state index contributed by atoms with van der Waals surface area (Å²) in [7, 11) is 0. The van der Waals surface area contributed by atoms with E-state index < -0.39 is 0 Å². The van der Waals surface area contributed by atoms with E-state index in [0.29, 0.717) is 5.92 Å². The van der Waals surface area contributed by atoms with Crippen LogP contribution >= 0.6 is 22.9 Å². The van der Waals surface area contributed by atoms with E-state index in [-0.39, 0.29) is 12.1 Å². The third-order valence-corrected chi connectivity index (χ3v) is 4.33. The van der Waals surface area contributed by atoms with E-state index in [2.05, 4.69) is 12.2 Å². The van der Waals surface area contributed by atoms with Crippen LogP contribution in [0.5, 0.6) is 0 Å². The Morgan fingerprint density at radius 1 is 1.60 bits per heavy atom. The number of hydrogen-bond donors (Lipinski definition) is 2. The molecule has 0 amide bonds. The second kappa shape index (κ2) is 4.42. The fourth-order valence-corrected chi connectivity index (χ4v) is 2.81. The zero-order chi connectivity index (χ0) is 10.9. The molecule has 4 heteroatoms. The zero-order valence-electron chi connectivity index (χ0n) is 8.79. The third-order valence-electron chi connectivity index (χ3n) is 3.10. The van der Waals surface area contributed by atoms with Crippen molar-refractivity contribution in [3.63, 3.8) is 0 Å². The standard InChI is InChI=1S/C11H16ClNOS/c1-11(7-14,8-2-3-8)13-6-9-4-5-10(12)15-9/h4-5,8,13-14H,2-3,6-7H2,1H3. The van der Waals surface area contributed by atoms with Gasteiger partial charge in [-0.25, -0.2) is 0 Å². The van der Waals surface area contributed by atoms with Gasteiger partial charge in [0.15, 0.2) is 0 Å². The van der Waals surface area contributed by atoms with Crippen LogP contribution in [0.2, 0.25) is 4.34 Å². The Morgan fingerprint density at radius 2 is 2.33 bits per heavy atom. The Kier molecular flexibility index (Phi) is 3.36. The first-order chi connectivity index (χ1) is 7.14. The zero-order valence-corrected chi connectivity index (χ0v) is 10.4. The van der Waals surface area contributed by atoms with Crippen molar-refractivity contribution in [3.05, 3.63) is 21.3 Å². The Morgan fingerprint density at radius 3 is 2.80 bits per heavy atom. The Hall–Kier alpha value is -0.0900. The van der Waals surface area contributed by atoms with E-state index in [9.17, 15) is 5.11 Å². The van der Waals surface area contributed by atoms with Crippen LogP contribution in [0, 0.1) is 5.92 Å². The van der Waals surface area contributed by atoms with Gasteiger partial charge in [0.1, 0.15) is 0 Å². The average molecular weight is 246 g/mol. The van der Waals surface area contributed by atoms with E-state index >= 15 is 0 Å². The molecule has 0 saturated heterocycles. The van der Waals surface area contributed by atoms with Crippen molar-refractivity contribution < 1.29 is 5.11 Å². The number of hydrogen-bond acceptors (Lipinski definition) is 3. The molecule has 1 atom stereocenters. The first kappa shape index (κ1) is 11.4. The summed E-state index contributed by atoms with van der Waals surface area (Å²) in [6.07, 6.45) is 2.46. The molecule has 2 rings (SSSR count). The van der Waals surface area contributed by atoms with E-state index in [1.807, 2.05) is 12.1 Å². The fraction of sp³-hybridized carbons (Fsp3) is 0.636. The average Bonchev–Trinajstić information content (AvgIpc) is 3.00. The highest BCUT2D eigenvalue weighted by atomic mass is 35.5. The van der Waals surface area contributed by atoms with Gasteiger partial charge in [-0.05, 0) is 37.8 Å². The van der Waals surface area contributed by atoms with Crippen LogP contribution < -0.4 is 5.32 Å². The minimum absolute atomic E-state index is 0.115. The van der Waals surface area contributed by atoms with E-state index in [1.165, 1.54) is 17.7 Å². The summed E-state index contributed by atoms with van der Waals surface area (Å²) in [6, 6.07) is 3.95. The number of thiophene rings is 1. The number of aliphatic hydroxyl groups excluding tert-OH is 1. The van der Waals surface area contributed by atoms with Gasteiger partial charge in [0.05, 0.1) is 10.9 Å². The predicted molar refractivity (Wildman–Crippen MR) is 64.4 cm³/mol. The minimum atomic E-state index is -0.115.